The van der Waals surface area contributed by atoms with Crippen LogP contribution in [0.3, 0.4) is 0 Å². The van der Waals surface area contributed by atoms with Gasteiger partial charge in [-0.15, -0.1) is 0 Å². The highest BCUT2D eigenvalue weighted by atomic mass is 16.7. The van der Waals surface area contributed by atoms with Crippen LogP contribution in [-0.4, -0.2) is 25.6 Å². The van der Waals surface area contributed by atoms with Crippen LogP contribution in [0.15, 0.2) is 0 Å². The molecule has 5 heavy (non-hydrogen) atoms. The zero-order valence-electron chi connectivity index (χ0n) is 5.72. The van der Waals surface area contributed by atoms with E-state index in [1.807, 2.05) is 0 Å². The first kappa shape index (κ1) is 1.55. The third-order valence-corrected chi connectivity index (χ3v) is 0. The Kier molecular flexibility index (Phi) is 0.289. The molecule has 32 valence electrons. The van der Waals surface area contributed by atoms with Crippen LogP contribution in [0.2, 0.25) is 0 Å². The smallest absolute Gasteiger partial charge is 0.272 e. The minimum Gasteiger partial charge on any atom is -0.344 e. The summed E-state index contributed by atoms with van der Waals surface area (Å²) in [5, 5.41) is 11.0. The molecule has 0 amide bonds. The lowest BCUT2D eigenvalue weighted by Crippen LogP contribution is -2.20. The standard InChI is InChI=1S/C2H6O3/c1-2(3,4)5/h3-5H,1H3/i3T,4T,5T. The zero-order valence-corrected chi connectivity index (χ0v) is 2.72. The van der Waals surface area contributed by atoms with Crippen molar-refractivity contribution >= 4 is 0 Å². The molecule has 0 saturated heterocycles. The van der Waals surface area contributed by atoms with Crippen molar-refractivity contribution < 1.29 is 15.3 Å². The van der Waals surface area contributed by atoms with Gasteiger partial charge in [-0.1, -0.05) is 0 Å². The van der Waals surface area contributed by atoms with Crippen molar-refractivity contribution in [2.45, 2.75) is 12.9 Å². The van der Waals surface area contributed by atoms with E-state index in [0.717, 1.165) is 6.92 Å². The van der Waals surface area contributed by atoms with Gasteiger partial charge in [0.15, 0.2) is 0 Å². The van der Waals surface area contributed by atoms with Gasteiger partial charge >= 0.3 is 0 Å². The van der Waals surface area contributed by atoms with E-state index >= 15 is 0 Å². The van der Waals surface area contributed by atoms with Gasteiger partial charge in [-0.25, -0.2) is 0 Å². The van der Waals surface area contributed by atoms with Crippen molar-refractivity contribution in [3.63, 3.8) is 0 Å². The van der Waals surface area contributed by atoms with E-state index in [0.29, 0.717) is 0 Å². The average Bonchev–Trinajstić information content (AvgIpc) is 1.87. The van der Waals surface area contributed by atoms with Crippen molar-refractivity contribution in [3.05, 3.63) is 0 Å². The van der Waals surface area contributed by atoms with Crippen molar-refractivity contribution in [2.75, 3.05) is 0 Å². The molecule has 0 aromatic heterocycles. The van der Waals surface area contributed by atoms with Crippen molar-refractivity contribution in [1.29, 1.82) is 4.29 Å². The molecular weight excluding hydrogens is 72.0 g/mol. The van der Waals surface area contributed by atoms with Gasteiger partial charge < -0.3 is 15.3 Å². The van der Waals surface area contributed by atoms with Crippen LogP contribution in [0.1, 0.15) is 6.92 Å². The number of rotatable bonds is 3. The maximum absolute atomic E-state index is 6.17. The van der Waals surface area contributed by atoms with Crippen molar-refractivity contribution in [2.24, 2.45) is 0 Å². The lowest BCUT2D eigenvalue weighted by molar-refractivity contribution is -0.297. The van der Waals surface area contributed by atoms with Crippen LogP contribution < -0.4 is 0 Å². The van der Waals surface area contributed by atoms with Gasteiger partial charge in [-0.2, -0.15) is 0 Å². The molecule has 0 fully saturated rings. The molecule has 0 aliphatic rings. The fourth-order valence-corrected chi connectivity index (χ4v) is 0. The third-order valence-electron chi connectivity index (χ3n) is 0. The second-order valence-corrected chi connectivity index (χ2v) is 0.862. The van der Waals surface area contributed by atoms with Crippen LogP contribution in [0.25, 0.3) is 0 Å². The number of aliphatic hydroxyl groups is 3. The van der Waals surface area contributed by atoms with Gasteiger partial charge in [0.2, 0.25) is 4.29 Å². The Labute approximate surface area is 34.0 Å². The van der Waals surface area contributed by atoms with Crippen LogP contribution >= 0.6 is 0 Å². The van der Waals surface area contributed by atoms with Crippen LogP contribution in [0.5, 0.6) is 0 Å². The minimum atomic E-state index is -1.88. The van der Waals surface area contributed by atoms with E-state index in [1.165, 1.54) is 0 Å². The fourth-order valence-electron chi connectivity index (χ4n) is 0. The summed E-state index contributed by atoms with van der Waals surface area (Å²) < 4.78 is 18.5. The van der Waals surface area contributed by atoms with E-state index in [2.05, 4.69) is 15.3 Å². The summed E-state index contributed by atoms with van der Waals surface area (Å²) in [6.45, 7) is 1.12. The molecule has 0 aromatic rings. The predicted molar refractivity (Wildman–Crippen MR) is 15.1 cm³/mol. The summed E-state index contributed by atoms with van der Waals surface area (Å²) in [5.74, 6) is -1.88. The fraction of sp³-hybridized carbons (Fsp3) is 1.00. The predicted octanol–water partition coefficient (Wildman–Crippen LogP) is -1.36. The van der Waals surface area contributed by atoms with Crippen LogP contribution in [0.4, 0.5) is 0 Å². The Morgan fingerprint density at radius 3 is 2.00 bits per heavy atom. The molecule has 0 rings (SSSR count). The van der Waals surface area contributed by atoms with Crippen molar-refractivity contribution in [3.8, 4) is 0 Å². The van der Waals surface area contributed by atoms with E-state index in [1.54, 1.807) is 0 Å². The van der Waals surface area contributed by atoms with Crippen LogP contribution in [-0.2, 0) is 0 Å². The van der Waals surface area contributed by atoms with Crippen molar-refractivity contribution in [1.82, 2.24) is 0 Å². The van der Waals surface area contributed by atoms with Gasteiger partial charge in [0.1, 0.15) is 0 Å². The molecule has 0 aliphatic heterocycles. The van der Waals surface area contributed by atoms with E-state index < -0.39 is 5.97 Å². The quantitative estimate of drug-likeness (QED) is 0.370. The molecule has 0 aromatic carbocycles. The number of hydrogen-bond donors (Lipinski definition) is 3. The highest BCUT2D eigenvalue weighted by Crippen LogP contribution is 1.82. The van der Waals surface area contributed by atoms with Gasteiger partial charge in [-0.3, -0.25) is 0 Å². The largest absolute Gasteiger partial charge is 0.344 e. The monoisotopic (exact) mass is 84.1 g/mol. The highest BCUT2D eigenvalue weighted by Gasteiger charge is 2.03. The second-order valence-electron chi connectivity index (χ2n) is 0.862. The maximum Gasteiger partial charge on any atom is 0.272 e. The minimum absolute atomic E-state index is 1.12. The molecular formula is C2H6O3. The molecule has 0 bridgehead atoms. The van der Waals surface area contributed by atoms with E-state index in [4.69, 9.17) is 4.29 Å². The molecule has 3 nitrogen and oxygen atoms in total. The summed E-state index contributed by atoms with van der Waals surface area (Å²) >= 11 is 0. The summed E-state index contributed by atoms with van der Waals surface area (Å²) in [6.07, 6.45) is 0. The molecule has 0 unspecified atom stereocenters. The summed E-state index contributed by atoms with van der Waals surface area (Å²) in [7, 11) is 0. The van der Waals surface area contributed by atoms with Gasteiger partial charge in [0.05, 0.1) is 0 Å². The SMILES string of the molecule is [3H]OC(C)(O[3H])O[3H]. The zero-order chi connectivity index (χ0) is 6.62. The molecule has 0 spiro atoms. The molecule has 0 saturated carbocycles. The lowest BCUT2D eigenvalue weighted by Gasteiger charge is -2.01. The second kappa shape index (κ2) is 0.931. The Balaban J connectivity index is 3.58. The van der Waals surface area contributed by atoms with Gasteiger partial charge in [0, 0.05) is 6.92 Å². The molecule has 0 heterocycles. The molecule has 3 N–H and O–H groups in total. The lowest BCUT2D eigenvalue weighted by atomic mass is 10.7. The normalized spacial score (nSPS) is 19.8. The van der Waals surface area contributed by atoms with Crippen LogP contribution in [0, 0.1) is 0 Å². The molecule has 0 atom stereocenters. The van der Waals surface area contributed by atoms with E-state index in [-0.39, 0.29) is 0 Å². The number of hydrogen-bond acceptors (Lipinski definition) is 3. The Bertz CT molecular complexity index is 55.3. The van der Waals surface area contributed by atoms with Gasteiger partial charge in [-0.05, 0) is 0 Å². The third kappa shape index (κ3) is 952. The maximum atomic E-state index is 6.17. The van der Waals surface area contributed by atoms with Gasteiger partial charge in [0.25, 0.3) is 5.97 Å². The topological polar surface area (TPSA) is 60.7 Å². The summed E-state index contributed by atoms with van der Waals surface area (Å²) in [4.78, 5) is 0. The average molecular weight is 84.1 g/mol. The Hall–Kier alpha value is -0.120. The summed E-state index contributed by atoms with van der Waals surface area (Å²) in [6, 6.07) is 0. The Morgan fingerprint density at radius 1 is 1.60 bits per heavy atom. The molecule has 3 heteroatoms. The summed E-state index contributed by atoms with van der Waals surface area (Å²) in [5.41, 5.74) is 0. The first-order chi connectivity index (χ1) is 3.68. The molecule has 0 aliphatic carbocycles. The first-order valence-corrected chi connectivity index (χ1v) is 1.11. The first-order valence-electron chi connectivity index (χ1n) is 2.34. The van der Waals surface area contributed by atoms with E-state index in [9.17, 15) is 0 Å². The highest BCUT2D eigenvalue weighted by molar-refractivity contribution is 4.21. The Morgan fingerprint density at radius 2 is 2.00 bits per heavy atom. The molecule has 0 radical (unpaired) electrons.